The maximum Gasteiger partial charge on any atom is 0.261 e. The van der Waals surface area contributed by atoms with Crippen LogP contribution in [-0.4, -0.2) is 35.9 Å². The molecule has 1 aromatic carbocycles. The Morgan fingerprint density at radius 1 is 1.17 bits per heavy atom. The molecule has 3 N–H and O–H groups in total. The van der Waals surface area contributed by atoms with Crippen molar-refractivity contribution in [1.82, 2.24) is 9.88 Å². The second-order valence-corrected chi connectivity index (χ2v) is 6.51. The first-order chi connectivity index (χ1) is 10.8. The number of aromatic nitrogens is 1. The van der Waals surface area contributed by atoms with E-state index in [2.05, 4.69) is 4.98 Å². The Kier molecular flexibility index (Phi) is 5.01. The summed E-state index contributed by atoms with van der Waals surface area (Å²) in [5.41, 5.74) is 6.86. The fourth-order valence-corrected chi connectivity index (χ4v) is 2.41. The molecule has 1 aromatic heterocycles. The van der Waals surface area contributed by atoms with E-state index >= 15 is 0 Å². The predicted molar refractivity (Wildman–Crippen MR) is 92.3 cm³/mol. The molecule has 0 saturated heterocycles. The molecule has 23 heavy (non-hydrogen) atoms. The second kappa shape index (κ2) is 6.79. The number of nitrogens with zero attached hydrogens (tertiary/aromatic N) is 1. The molecule has 2 rings (SSSR count). The molecular weight excluding hydrogens is 290 g/mol. The first kappa shape index (κ1) is 17.0. The quantitative estimate of drug-likeness (QED) is 0.887. The van der Waals surface area contributed by atoms with Gasteiger partial charge >= 0.3 is 0 Å². The molecular formula is C18H23N3O2. The van der Waals surface area contributed by atoms with Crippen LogP contribution in [0.4, 0.5) is 0 Å². The molecule has 0 radical (unpaired) electrons. The summed E-state index contributed by atoms with van der Waals surface area (Å²) in [4.78, 5) is 29.1. The van der Waals surface area contributed by atoms with E-state index in [0.717, 1.165) is 5.56 Å². The number of carbonyl (C=O) groups excluding carboxylic acids is 1. The molecule has 5 heteroatoms. The van der Waals surface area contributed by atoms with Crippen LogP contribution in [0.15, 0.2) is 47.3 Å². The topological polar surface area (TPSA) is 79.2 Å². The van der Waals surface area contributed by atoms with E-state index in [-0.39, 0.29) is 22.4 Å². The zero-order valence-electron chi connectivity index (χ0n) is 13.8. The number of rotatable bonds is 5. The standard InChI is InChI=1S/C18H23N3O2/c1-18(2,11-19)12-21(3)17(23)14-9-10-15(20-16(14)22)13-7-5-4-6-8-13/h4-10H,11-12,19H2,1-3H3,(H,20,22). The lowest BCUT2D eigenvalue weighted by molar-refractivity contribution is 0.0739. The van der Waals surface area contributed by atoms with E-state index in [1.54, 1.807) is 24.1 Å². The lowest BCUT2D eigenvalue weighted by atomic mass is 9.93. The van der Waals surface area contributed by atoms with Crippen LogP contribution in [0, 0.1) is 5.41 Å². The highest BCUT2D eigenvalue weighted by Crippen LogP contribution is 2.17. The fraction of sp³-hybridized carbons (Fsp3) is 0.333. The molecule has 0 aliphatic heterocycles. The first-order valence-electron chi connectivity index (χ1n) is 7.58. The fourth-order valence-electron chi connectivity index (χ4n) is 2.41. The number of carbonyl (C=O) groups is 1. The Hall–Kier alpha value is -2.40. The van der Waals surface area contributed by atoms with Crippen molar-refractivity contribution in [2.75, 3.05) is 20.1 Å². The highest BCUT2D eigenvalue weighted by atomic mass is 16.2. The van der Waals surface area contributed by atoms with Crippen LogP contribution in [0.2, 0.25) is 0 Å². The van der Waals surface area contributed by atoms with E-state index in [1.807, 2.05) is 44.2 Å². The SMILES string of the molecule is CN(CC(C)(C)CN)C(=O)c1ccc(-c2ccccc2)[nH]c1=O. The van der Waals surface area contributed by atoms with Crippen molar-refractivity contribution in [3.63, 3.8) is 0 Å². The normalized spacial score (nSPS) is 11.3. The van der Waals surface area contributed by atoms with Crippen LogP contribution in [0.3, 0.4) is 0 Å². The van der Waals surface area contributed by atoms with Gasteiger partial charge in [0.05, 0.1) is 0 Å². The second-order valence-electron chi connectivity index (χ2n) is 6.51. The van der Waals surface area contributed by atoms with Crippen LogP contribution in [0.1, 0.15) is 24.2 Å². The van der Waals surface area contributed by atoms with Crippen LogP contribution >= 0.6 is 0 Å². The summed E-state index contributed by atoms with van der Waals surface area (Å²) in [5.74, 6) is -0.299. The first-order valence-corrected chi connectivity index (χ1v) is 7.58. The van der Waals surface area contributed by atoms with E-state index in [4.69, 9.17) is 5.73 Å². The van der Waals surface area contributed by atoms with Gasteiger partial charge in [0.25, 0.3) is 11.5 Å². The average Bonchev–Trinajstić information content (AvgIpc) is 2.54. The number of H-pyrrole nitrogens is 1. The summed E-state index contributed by atoms with van der Waals surface area (Å²) in [6, 6.07) is 12.9. The zero-order chi connectivity index (χ0) is 17.0. The third-order valence-electron chi connectivity index (χ3n) is 3.79. The van der Waals surface area contributed by atoms with Crippen molar-refractivity contribution >= 4 is 5.91 Å². The number of aromatic amines is 1. The van der Waals surface area contributed by atoms with Gasteiger partial charge in [-0.1, -0.05) is 44.2 Å². The summed E-state index contributed by atoms with van der Waals surface area (Å²) in [5, 5.41) is 0. The number of benzene rings is 1. The molecule has 0 bridgehead atoms. The number of hydrogen-bond donors (Lipinski definition) is 2. The smallest absolute Gasteiger partial charge is 0.261 e. The predicted octanol–water partition coefficient (Wildman–Crippen LogP) is 2.10. The Morgan fingerprint density at radius 2 is 1.83 bits per heavy atom. The maximum absolute atomic E-state index is 12.5. The number of hydrogen-bond acceptors (Lipinski definition) is 3. The summed E-state index contributed by atoms with van der Waals surface area (Å²) in [7, 11) is 1.68. The molecule has 0 aliphatic carbocycles. The number of amides is 1. The van der Waals surface area contributed by atoms with Crippen molar-refractivity contribution in [3.8, 4) is 11.3 Å². The Morgan fingerprint density at radius 3 is 2.39 bits per heavy atom. The minimum Gasteiger partial charge on any atom is -0.341 e. The summed E-state index contributed by atoms with van der Waals surface area (Å²) in [6.07, 6.45) is 0. The molecule has 0 saturated carbocycles. The maximum atomic E-state index is 12.5. The highest BCUT2D eigenvalue weighted by Gasteiger charge is 2.23. The molecule has 2 aromatic rings. The number of nitrogens with two attached hydrogens (primary N) is 1. The molecule has 0 atom stereocenters. The zero-order valence-corrected chi connectivity index (χ0v) is 13.8. The van der Waals surface area contributed by atoms with Gasteiger partial charge in [-0.25, -0.2) is 0 Å². The van der Waals surface area contributed by atoms with Gasteiger partial charge in [0.2, 0.25) is 0 Å². The van der Waals surface area contributed by atoms with E-state index in [9.17, 15) is 9.59 Å². The molecule has 0 fully saturated rings. The van der Waals surface area contributed by atoms with Crippen molar-refractivity contribution in [3.05, 3.63) is 58.4 Å². The Labute approximate surface area is 136 Å². The summed E-state index contributed by atoms with van der Waals surface area (Å²) < 4.78 is 0. The highest BCUT2D eigenvalue weighted by molar-refractivity contribution is 5.94. The Balaban J connectivity index is 2.24. The molecule has 1 heterocycles. The van der Waals surface area contributed by atoms with Crippen LogP contribution in [0.5, 0.6) is 0 Å². The minimum absolute atomic E-state index is 0.139. The molecule has 5 nitrogen and oxygen atoms in total. The third-order valence-corrected chi connectivity index (χ3v) is 3.79. The third kappa shape index (κ3) is 4.07. The van der Waals surface area contributed by atoms with Gasteiger partial charge in [0, 0.05) is 19.3 Å². The van der Waals surface area contributed by atoms with Crippen molar-refractivity contribution in [2.45, 2.75) is 13.8 Å². The molecule has 0 spiro atoms. The summed E-state index contributed by atoms with van der Waals surface area (Å²) in [6.45, 7) is 4.93. The van der Waals surface area contributed by atoms with Crippen LogP contribution in [0.25, 0.3) is 11.3 Å². The van der Waals surface area contributed by atoms with E-state index < -0.39 is 0 Å². The van der Waals surface area contributed by atoms with Gasteiger partial charge in [-0.2, -0.15) is 0 Å². The average molecular weight is 313 g/mol. The van der Waals surface area contributed by atoms with Gasteiger partial charge < -0.3 is 15.6 Å². The van der Waals surface area contributed by atoms with Crippen molar-refractivity contribution < 1.29 is 4.79 Å². The largest absolute Gasteiger partial charge is 0.341 e. The van der Waals surface area contributed by atoms with Gasteiger partial charge in [0.15, 0.2) is 0 Å². The van der Waals surface area contributed by atoms with Crippen molar-refractivity contribution in [2.24, 2.45) is 11.1 Å². The monoisotopic (exact) mass is 313 g/mol. The van der Waals surface area contributed by atoms with Gasteiger partial charge in [-0.3, -0.25) is 9.59 Å². The molecule has 1 amide bonds. The molecule has 0 unspecified atom stereocenters. The van der Waals surface area contributed by atoms with Crippen LogP contribution in [-0.2, 0) is 0 Å². The lowest BCUT2D eigenvalue weighted by Gasteiger charge is -2.28. The van der Waals surface area contributed by atoms with Crippen LogP contribution < -0.4 is 11.3 Å². The Bertz CT molecular complexity index is 735. The van der Waals surface area contributed by atoms with Gasteiger partial charge in [-0.05, 0) is 29.7 Å². The minimum atomic E-state index is -0.381. The van der Waals surface area contributed by atoms with E-state index in [1.165, 1.54) is 0 Å². The number of nitrogens with one attached hydrogen (secondary N) is 1. The lowest BCUT2D eigenvalue weighted by Crippen LogP contribution is -2.41. The molecule has 0 aliphatic rings. The van der Waals surface area contributed by atoms with Gasteiger partial charge in [-0.15, -0.1) is 0 Å². The number of pyridine rings is 1. The molecule has 122 valence electrons. The van der Waals surface area contributed by atoms with Gasteiger partial charge in [0.1, 0.15) is 5.56 Å². The van der Waals surface area contributed by atoms with E-state index in [0.29, 0.717) is 18.8 Å². The summed E-state index contributed by atoms with van der Waals surface area (Å²) >= 11 is 0. The van der Waals surface area contributed by atoms with Crippen molar-refractivity contribution in [1.29, 1.82) is 0 Å².